The van der Waals surface area contributed by atoms with Crippen LogP contribution in [0.5, 0.6) is 11.5 Å². The minimum atomic E-state index is -1.03. The van der Waals surface area contributed by atoms with Crippen molar-refractivity contribution in [1.82, 2.24) is 4.90 Å². The van der Waals surface area contributed by atoms with Crippen molar-refractivity contribution in [2.45, 2.75) is 39.5 Å². The zero-order chi connectivity index (χ0) is 22.7. The lowest BCUT2D eigenvalue weighted by Crippen LogP contribution is -2.43. The summed E-state index contributed by atoms with van der Waals surface area (Å²) in [5.74, 6) is -0.0296. The highest BCUT2D eigenvalue weighted by Gasteiger charge is 2.30. The topological polar surface area (TPSA) is 87.1 Å². The number of hydrogen-bond donors (Lipinski definition) is 2. The molecule has 1 fully saturated rings. The number of piperidine rings is 1. The number of phenolic OH excluding ortho intramolecular Hbond substituents is 1. The van der Waals surface area contributed by atoms with Gasteiger partial charge in [0.1, 0.15) is 11.5 Å². The number of aromatic hydroxyl groups is 1. The number of ether oxygens (including phenoxy) is 1. The molecule has 0 saturated carbocycles. The van der Waals surface area contributed by atoms with Gasteiger partial charge in [-0.25, -0.2) is 4.79 Å². The van der Waals surface area contributed by atoms with Crippen molar-refractivity contribution in [3.63, 3.8) is 0 Å². The van der Waals surface area contributed by atoms with E-state index in [4.69, 9.17) is 4.74 Å². The Hall–Kier alpha value is -3.02. The van der Waals surface area contributed by atoms with Gasteiger partial charge in [-0.1, -0.05) is 26.0 Å². The van der Waals surface area contributed by atoms with Gasteiger partial charge >= 0.3 is 5.97 Å². The number of carbonyl (C=O) groups excluding carboxylic acids is 1. The van der Waals surface area contributed by atoms with E-state index in [-0.39, 0.29) is 23.6 Å². The molecule has 0 aliphatic carbocycles. The standard InChI is InChI=1S/C25H31NO5/c1-15-8-16(2)14-26(13-15)23(28)12-21(18-6-5-7-19(10-18)25(29)30)24-17(3)9-20(31-4)11-22(24)27/h5-7,9-11,15-16,21,27H,8,12-14H2,1-4H3,(H,29,30). The molecule has 6 nitrogen and oxygen atoms in total. The van der Waals surface area contributed by atoms with Gasteiger partial charge in [0.2, 0.25) is 5.91 Å². The molecule has 3 unspecified atom stereocenters. The van der Waals surface area contributed by atoms with E-state index >= 15 is 0 Å². The Morgan fingerprint density at radius 1 is 1.16 bits per heavy atom. The number of likely N-dealkylation sites (tertiary alicyclic amines) is 1. The van der Waals surface area contributed by atoms with E-state index in [0.717, 1.165) is 25.1 Å². The number of carboxylic acids is 1. The van der Waals surface area contributed by atoms with Gasteiger partial charge in [0.05, 0.1) is 12.7 Å². The molecular formula is C25H31NO5. The quantitative estimate of drug-likeness (QED) is 0.715. The molecular weight excluding hydrogens is 394 g/mol. The molecule has 31 heavy (non-hydrogen) atoms. The van der Waals surface area contributed by atoms with Crippen LogP contribution in [-0.4, -0.2) is 47.2 Å². The first-order valence-electron chi connectivity index (χ1n) is 10.7. The Morgan fingerprint density at radius 3 is 2.42 bits per heavy atom. The lowest BCUT2D eigenvalue weighted by molar-refractivity contribution is -0.134. The second kappa shape index (κ2) is 9.41. The van der Waals surface area contributed by atoms with Crippen LogP contribution in [0.2, 0.25) is 0 Å². The summed E-state index contributed by atoms with van der Waals surface area (Å²) >= 11 is 0. The molecule has 2 aromatic carbocycles. The van der Waals surface area contributed by atoms with Crippen LogP contribution in [0.25, 0.3) is 0 Å². The number of carbonyl (C=O) groups is 2. The lowest BCUT2D eigenvalue weighted by atomic mass is 9.83. The van der Waals surface area contributed by atoms with Gasteiger partial charge in [0, 0.05) is 37.1 Å². The number of methoxy groups -OCH3 is 1. The highest BCUT2D eigenvalue weighted by molar-refractivity contribution is 5.88. The molecule has 2 aromatic rings. The molecule has 3 rings (SSSR count). The third-order valence-corrected chi connectivity index (χ3v) is 6.06. The zero-order valence-electron chi connectivity index (χ0n) is 18.6. The van der Waals surface area contributed by atoms with Crippen molar-refractivity contribution in [3.8, 4) is 11.5 Å². The van der Waals surface area contributed by atoms with Crippen molar-refractivity contribution in [2.75, 3.05) is 20.2 Å². The van der Waals surface area contributed by atoms with Crippen LogP contribution in [-0.2, 0) is 4.79 Å². The van der Waals surface area contributed by atoms with Gasteiger partial charge in [-0.05, 0) is 54.5 Å². The number of phenols is 1. The molecule has 0 aromatic heterocycles. The van der Waals surface area contributed by atoms with E-state index in [9.17, 15) is 19.8 Å². The van der Waals surface area contributed by atoms with E-state index in [1.54, 1.807) is 12.1 Å². The number of rotatable bonds is 6. The molecule has 0 bridgehead atoms. The van der Waals surface area contributed by atoms with Crippen molar-refractivity contribution >= 4 is 11.9 Å². The maximum atomic E-state index is 13.3. The van der Waals surface area contributed by atoms with E-state index in [1.807, 2.05) is 24.0 Å². The minimum absolute atomic E-state index is 0.0127. The second-order valence-corrected chi connectivity index (χ2v) is 8.81. The molecule has 6 heteroatoms. The Labute approximate surface area is 183 Å². The van der Waals surface area contributed by atoms with Crippen molar-refractivity contribution in [3.05, 3.63) is 58.7 Å². The van der Waals surface area contributed by atoms with Crippen molar-refractivity contribution < 1.29 is 24.5 Å². The number of carboxylic acid groups (broad SMARTS) is 1. The summed E-state index contributed by atoms with van der Waals surface area (Å²) < 4.78 is 5.25. The van der Waals surface area contributed by atoms with Crippen molar-refractivity contribution in [2.24, 2.45) is 11.8 Å². The highest BCUT2D eigenvalue weighted by atomic mass is 16.5. The van der Waals surface area contributed by atoms with Crippen molar-refractivity contribution in [1.29, 1.82) is 0 Å². The third-order valence-electron chi connectivity index (χ3n) is 6.06. The first-order valence-corrected chi connectivity index (χ1v) is 10.7. The average Bonchev–Trinajstić information content (AvgIpc) is 2.71. The maximum Gasteiger partial charge on any atom is 0.335 e. The van der Waals surface area contributed by atoms with Crippen LogP contribution in [0.4, 0.5) is 0 Å². The fourth-order valence-corrected chi connectivity index (χ4v) is 4.76. The number of aromatic carboxylic acids is 1. The smallest absolute Gasteiger partial charge is 0.335 e. The molecule has 2 N–H and O–H groups in total. The summed E-state index contributed by atoms with van der Waals surface area (Å²) in [6, 6.07) is 9.96. The Kier molecular flexibility index (Phi) is 6.88. The molecule has 3 atom stereocenters. The minimum Gasteiger partial charge on any atom is -0.507 e. The van der Waals surface area contributed by atoms with E-state index < -0.39 is 11.9 Å². The molecule has 0 radical (unpaired) electrons. The van der Waals surface area contributed by atoms with E-state index in [0.29, 0.717) is 28.7 Å². The largest absolute Gasteiger partial charge is 0.507 e. The average molecular weight is 426 g/mol. The number of nitrogens with zero attached hydrogens (tertiary/aromatic N) is 1. The Morgan fingerprint density at radius 2 is 1.84 bits per heavy atom. The van der Waals surface area contributed by atoms with Crippen LogP contribution in [0.15, 0.2) is 36.4 Å². The SMILES string of the molecule is COc1cc(C)c(C(CC(=O)N2CC(C)CC(C)C2)c2cccc(C(=O)O)c2)c(O)c1. The Bertz CT molecular complexity index is 937. The molecule has 1 amide bonds. The molecule has 0 spiro atoms. The number of benzene rings is 2. The van der Waals surface area contributed by atoms with Crippen LogP contribution in [0, 0.1) is 18.8 Å². The van der Waals surface area contributed by atoms with Crippen LogP contribution in [0.1, 0.15) is 59.7 Å². The summed E-state index contributed by atoms with van der Waals surface area (Å²) in [6.07, 6.45) is 1.26. The maximum absolute atomic E-state index is 13.3. The molecule has 166 valence electrons. The summed E-state index contributed by atoms with van der Waals surface area (Å²) in [7, 11) is 1.53. The Balaban J connectivity index is 2.02. The first kappa shape index (κ1) is 22.7. The third kappa shape index (κ3) is 5.19. The van der Waals surface area contributed by atoms with Gasteiger partial charge in [-0.2, -0.15) is 0 Å². The highest BCUT2D eigenvalue weighted by Crippen LogP contribution is 2.39. The fourth-order valence-electron chi connectivity index (χ4n) is 4.76. The summed E-state index contributed by atoms with van der Waals surface area (Å²) in [5, 5.41) is 20.2. The molecule has 1 aliphatic heterocycles. The fraction of sp³-hybridized carbons (Fsp3) is 0.440. The van der Waals surface area contributed by atoms with E-state index in [1.165, 1.54) is 19.2 Å². The van der Waals surface area contributed by atoms with Gasteiger partial charge in [-0.3, -0.25) is 4.79 Å². The molecule has 1 heterocycles. The predicted octanol–water partition coefficient (Wildman–Crippen LogP) is 4.43. The van der Waals surface area contributed by atoms with Crippen LogP contribution in [0.3, 0.4) is 0 Å². The van der Waals surface area contributed by atoms with E-state index in [2.05, 4.69) is 13.8 Å². The van der Waals surface area contributed by atoms with Crippen LogP contribution < -0.4 is 4.74 Å². The number of aryl methyl sites for hydroxylation is 1. The van der Waals surface area contributed by atoms with Crippen LogP contribution >= 0.6 is 0 Å². The normalized spacial score (nSPS) is 19.7. The summed E-state index contributed by atoms with van der Waals surface area (Å²) in [6.45, 7) is 7.62. The van der Waals surface area contributed by atoms with Gasteiger partial charge < -0.3 is 19.8 Å². The number of amides is 1. The predicted molar refractivity (Wildman–Crippen MR) is 119 cm³/mol. The van der Waals surface area contributed by atoms with Gasteiger partial charge in [0.15, 0.2) is 0 Å². The lowest BCUT2D eigenvalue weighted by Gasteiger charge is -2.36. The zero-order valence-corrected chi connectivity index (χ0v) is 18.6. The first-order chi connectivity index (χ1) is 14.7. The van der Waals surface area contributed by atoms with Gasteiger partial charge in [0.25, 0.3) is 0 Å². The van der Waals surface area contributed by atoms with Gasteiger partial charge in [-0.15, -0.1) is 0 Å². The monoisotopic (exact) mass is 425 g/mol. The summed E-state index contributed by atoms with van der Waals surface area (Å²) in [5.41, 5.74) is 2.25. The number of hydrogen-bond acceptors (Lipinski definition) is 4. The second-order valence-electron chi connectivity index (χ2n) is 8.81. The molecule has 1 saturated heterocycles. The molecule has 1 aliphatic rings. The summed E-state index contributed by atoms with van der Waals surface area (Å²) in [4.78, 5) is 26.7.